The number of rotatable bonds is 3. The van der Waals surface area contributed by atoms with Crippen molar-refractivity contribution < 1.29 is 21.6 Å². The predicted molar refractivity (Wildman–Crippen MR) is 66.9 cm³/mol. The van der Waals surface area contributed by atoms with Crippen LogP contribution in [0, 0.1) is 17.5 Å². The molecular weight excluding hydrogens is 333 g/mol. The molecule has 0 spiro atoms. The number of sulfone groups is 1. The van der Waals surface area contributed by atoms with Gasteiger partial charge in [0.1, 0.15) is 17.5 Å². The van der Waals surface area contributed by atoms with Gasteiger partial charge in [-0.25, -0.2) is 21.6 Å². The Hall–Kier alpha value is -0.560. The maximum atomic E-state index is 13.6. The Morgan fingerprint density at radius 3 is 1.89 bits per heavy atom. The normalized spacial score (nSPS) is 14.6. The first-order valence-corrected chi connectivity index (χ1v) is 7.77. The van der Waals surface area contributed by atoms with Gasteiger partial charge in [-0.3, -0.25) is 0 Å². The number of alkyl halides is 1. The van der Waals surface area contributed by atoms with Gasteiger partial charge in [-0.15, -0.1) is 0 Å². The molecule has 0 saturated heterocycles. The first kappa shape index (κ1) is 15.5. The van der Waals surface area contributed by atoms with Gasteiger partial charge in [-0.2, -0.15) is 0 Å². The zero-order valence-electron chi connectivity index (χ0n) is 9.97. The van der Waals surface area contributed by atoms with Crippen LogP contribution < -0.4 is 0 Å². The summed E-state index contributed by atoms with van der Waals surface area (Å²) in [4.78, 5) is -1.12. The lowest BCUT2D eigenvalue weighted by atomic mass is 10.0. The van der Waals surface area contributed by atoms with Crippen LogP contribution in [0.15, 0.2) is 12.1 Å². The van der Waals surface area contributed by atoms with Crippen LogP contribution in [0.1, 0.15) is 24.2 Å². The van der Waals surface area contributed by atoms with E-state index < -0.39 is 42.4 Å². The Labute approximate surface area is 112 Å². The molecular formula is C11H12BrF3O2S. The molecule has 1 aromatic rings. The summed E-state index contributed by atoms with van der Waals surface area (Å²) in [6, 6.07) is 1.04. The molecule has 0 bridgehead atoms. The fraction of sp³-hybridized carbons (Fsp3) is 0.455. The van der Waals surface area contributed by atoms with Crippen molar-refractivity contribution in [1.82, 2.24) is 0 Å². The van der Waals surface area contributed by atoms with Crippen molar-refractivity contribution >= 4 is 25.8 Å². The highest BCUT2D eigenvalue weighted by molar-refractivity contribution is 9.09. The Bertz CT molecular complexity index is 547. The third-order valence-corrected chi connectivity index (χ3v) is 6.92. The Balaban J connectivity index is 3.41. The highest BCUT2D eigenvalue weighted by atomic mass is 79.9. The van der Waals surface area contributed by atoms with Crippen LogP contribution in [-0.2, 0) is 9.84 Å². The van der Waals surface area contributed by atoms with Crippen molar-refractivity contribution in [2.75, 3.05) is 6.26 Å². The third-order valence-electron chi connectivity index (χ3n) is 2.86. The summed E-state index contributed by atoms with van der Waals surface area (Å²) in [5.41, 5.74) is -0.494. The highest BCUT2D eigenvalue weighted by Crippen LogP contribution is 2.41. The van der Waals surface area contributed by atoms with E-state index in [0.29, 0.717) is 12.1 Å². The molecule has 1 unspecified atom stereocenters. The van der Waals surface area contributed by atoms with Gasteiger partial charge in [0.15, 0.2) is 9.84 Å². The SMILES string of the molecule is CC(C)(C(Br)c1c(F)cc(F)cc1F)S(C)(=O)=O. The summed E-state index contributed by atoms with van der Waals surface area (Å²) >= 11 is 2.99. The fourth-order valence-electron chi connectivity index (χ4n) is 1.33. The predicted octanol–water partition coefficient (Wildman–Crippen LogP) is 3.36. The van der Waals surface area contributed by atoms with Crippen molar-refractivity contribution in [3.63, 3.8) is 0 Å². The Kier molecular flexibility index (Phi) is 4.17. The maximum absolute atomic E-state index is 13.6. The molecule has 0 aliphatic rings. The number of halogens is 4. The number of benzene rings is 1. The van der Waals surface area contributed by atoms with Crippen molar-refractivity contribution in [2.45, 2.75) is 23.4 Å². The Morgan fingerprint density at radius 1 is 1.17 bits per heavy atom. The molecule has 0 fully saturated rings. The van der Waals surface area contributed by atoms with Gasteiger partial charge in [0.05, 0.1) is 9.57 Å². The van der Waals surface area contributed by atoms with Gasteiger partial charge in [0.25, 0.3) is 0 Å². The van der Waals surface area contributed by atoms with Crippen LogP contribution in [0.2, 0.25) is 0 Å². The van der Waals surface area contributed by atoms with Gasteiger partial charge in [0.2, 0.25) is 0 Å². The molecule has 0 radical (unpaired) electrons. The molecule has 0 heterocycles. The lowest BCUT2D eigenvalue weighted by molar-refractivity contribution is 0.498. The minimum absolute atomic E-state index is 0.494. The third kappa shape index (κ3) is 2.71. The van der Waals surface area contributed by atoms with Crippen LogP contribution in [0.5, 0.6) is 0 Å². The van der Waals surface area contributed by atoms with Crippen LogP contribution in [0.3, 0.4) is 0 Å². The van der Waals surface area contributed by atoms with Crippen molar-refractivity contribution in [3.8, 4) is 0 Å². The molecule has 0 amide bonds. The maximum Gasteiger partial charge on any atom is 0.154 e. The standard InChI is InChI=1S/C11H12BrF3O2S/c1-11(2,18(3,16)17)10(12)9-7(14)4-6(13)5-8(9)15/h4-5,10H,1-3H3. The zero-order chi connectivity index (χ0) is 14.3. The van der Waals surface area contributed by atoms with Gasteiger partial charge in [-0.1, -0.05) is 15.9 Å². The molecule has 18 heavy (non-hydrogen) atoms. The van der Waals surface area contributed by atoms with Gasteiger partial charge >= 0.3 is 0 Å². The first-order valence-electron chi connectivity index (χ1n) is 4.96. The van der Waals surface area contributed by atoms with E-state index in [2.05, 4.69) is 15.9 Å². The van der Waals surface area contributed by atoms with Crippen LogP contribution in [-0.4, -0.2) is 19.4 Å². The average molecular weight is 345 g/mol. The largest absolute Gasteiger partial charge is 0.229 e. The van der Waals surface area contributed by atoms with Crippen molar-refractivity contribution in [3.05, 3.63) is 35.1 Å². The monoisotopic (exact) mass is 344 g/mol. The average Bonchev–Trinajstić information content (AvgIpc) is 2.13. The van der Waals surface area contributed by atoms with Crippen molar-refractivity contribution in [1.29, 1.82) is 0 Å². The molecule has 7 heteroatoms. The van der Waals surface area contributed by atoms with Gasteiger partial charge in [-0.05, 0) is 13.8 Å². The second-order valence-electron chi connectivity index (χ2n) is 4.52. The van der Waals surface area contributed by atoms with E-state index in [1.54, 1.807) is 0 Å². The second kappa shape index (κ2) is 4.85. The van der Waals surface area contributed by atoms with E-state index >= 15 is 0 Å². The molecule has 0 aromatic heterocycles. The summed E-state index contributed by atoms with van der Waals surface area (Å²) in [6.07, 6.45) is 0.973. The minimum Gasteiger partial charge on any atom is -0.229 e. The lowest BCUT2D eigenvalue weighted by Crippen LogP contribution is -2.36. The van der Waals surface area contributed by atoms with Crippen molar-refractivity contribution in [2.24, 2.45) is 0 Å². The number of hydrogen-bond acceptors (Lipinski definition) is 2. The molecule has 1 rings (SSSR count). The van der Waals surface area contributed by atoms with Gasteiger partial charge < -0.3 is 0 Å². The Morgan fingerprint density at radius 2 is 1.56 bits per heavy atom. The van der Waals surface area contributed by atoms with E-state index in [1.165, 1.54) is 13.8 Å². The number of hydrogen-bond donors (Lipinski definition) is 0. The minimum atomic E-state index is -3.57. The molecule has 2 nitrogen and oxygen atoms in total. The summed E-state index contributed by atoms with van der Waals surface area (Å²) in [6.45, 7) is 2.67. The molecule has 1 atom stereocenters. The van der Waals surface area contributed by atoms with E-state index in [-0.39, 0.29) is 0 Å². The summed E-state index contributed by atoms with van der Waals surface area (Å²) in [7, 11) is -3.57. The van der Waals surface area contributed by atoms with E-state index in [4.69, 9.17) is 0 Å². The van der Waals surface area contributed by atoms with E-state index in [0.717, 1.165) is 6.26 Å². The van der Waals surface area contributed by atoms with Crippen LogP contribution >= 0.6 is 15.9 Å². The highest BCUT2D eigenvalue weighted by Gasteiger charge is 2.41. The molecule has 0 aliphatic carbocycles. The topological polar surface area (TPSA) is 34.1 Å². The molecule has 1 aromatic carbocycles. The van der Waals surface area contributed by atoms with E-state index in [1.807, 2.05) is 0 Å². The summed E-state index contributed by atoms with van der Waals surface area (Å²) in [5, 5.41) is 0. The summed E-state index contributed by atoms with van der Waals surface area (Å²) < 4.78 is 61.7. The van der Waals surface area contributed by atoms with Crippen LogP contribution in [0.4, 0.5) is 13.2 Å². The quantitative estimate of drug-likeness (QED) is 0.788. The molecule has 0 N–H and O–H groups in total. The fourth-order valence-corrected chi connectivity index (χ4v) is 3.28. The van der Waals surface area contributed by atoms with E-state index in [9.17, 15) is 21.6 Å². The molecule has 0 aliphatic heterocycles. The smallest absolute Gasteiger partial charge is 0.154 e. The lowest BCUT2D eigenvalue weighted by Gasteiger charge is -2.29. The van der Waals surface area contributed by atoms with Gasteiger partial charge in [0, 0.05) is 24.0 Å². The summed E-state index contributed by atoms with van der Waals surface area (Å²) in [5.74, 6) is -3.29. The molecule has 0 saturated carbocycles. The second-order valence-corrected chi connectivity index (χ2v) is 8.03. The zero-order valence-corrected chi connectivity index (χ0v) is 12.4. The van der Waals surface area contributed by atoms with Crippen LogP contribution in [0.25, 0.3) is 0 Å². The molecule has 102 valence electrons. The first-order chi connectivity index (χ1) is 7.98.